The summed E-state index contributed by atoms with van der Waals surface area (Å²) < 4.78 is 50.0. The molecule has 2 aliphatic carbocycles. The average Bonchev–Trinajstić information content (AvgIpc) is 1.66. The summed E-state index contributed by atoms with van der Waals surface area (Å²) in [6.45, 7) is 10.1. The van der Waals surface area contributed by atoms with Crippen molar-refractivity contribution >= 4 is 101 Å². The molecule has 0 radical (unpaired) electrons. The van der Waals surface area contributed by atoms with Crippen LogP contribution < -0.4 is 9.47 Å². The van der Waals surface area contributed by atoms with Crippen LogP contribution in [0.1, 0.15) is 189 Å². The molecule has 8 aromatic carbocycles. The van der Waals surface area contributed by atoms with Gasteiger partial charge in [-0.1, -0.05) is 202 Å². The van der Waals surface area contributed by atoms with Gasteiger partial charge in [0, 0.05) is 12.1 Å². The molecule has 0 amide bonds. The molecule has 113 heavy (non-hydrogen) atoms. The van der Waals surface area contributed by atoms with Crippen LogP contribution in [0.15, 0.2) is 221 Å². The maximum atomic E-state index is 6.50. The van der Waals surface area contributed by atoms with Crippen LogP contribution in [0, 0.1) is 13.8 Å². The Bertz CT molecular complexity index is 5680. The lowest BCUT2D eigenvalue weighted by Crippen LogP contribution is -2.08. The summed E-state index contributed by atoms with van der Waals surface area (Å²) in [5.41, 5.74) is 19.4. The van der Waals surface area contributed by atoms with Gasteiger partial charge in [-0.05, 0) is 206 Å². The normalized spacial score (nSPS) is 13.6. The van der Waals surface area contributed by atoms with Crippen molar-refractivity contribution < 1.29 is 36.0 Å². The Balaban J connectivity index is 0.000000132. The summed E-state index contributed by atoms with van der Waals surface area (Å²) in [4.78, 5) is 34.3. The van der Waals surface area contributed by atoms with E-state index >= 15 is 0 Å². The van der Waals surface area contributed by atoms with Gasteiger partial charge in [0.2, 0.25) is 35.3 Å². The number of nitrogens with zero attached hydrogens (tertiary/aromatic N) is 6. The van der Waals surface area contributed by atoms with Crippen molar-refractivity contribution in [1.82, 2.24) is 29.9 Å². The van der Waals surface area contributed by atoms with Crippen molar-refractivity contribution in [3.05, 3.63) is 216 Å². The zero-order valence-corrected chi connectivity index (χ0v) is 67.2. The molecule has 0 aliphatic heterocycles. The molecule has 9 heterocycles. The number of fused-ring (bicyclic) bond motifs is 6. The summed E-state index contributed by atoms with van der Waals surface area (Å²) in [6, 6.07) is 65.7. The van der Waals surface area contributed by atoms with Crippen molar-refractivity contribution in [2.24, 2.45) is 0 Å². The van der Waals surface area contributed by atoms with E-state index in [1.54, 1.807) is 34.0 Å². The van der Waals surface area contributed by atoms with E-state index in [-0.39, 0.29) is 0 Å². The number of hydrogen-bond donors (Lipinski definition) is 0. The number of unbranched alkanes of at least 4 members (excludes halogenated alkanes) is 10. The minimum atomic E-state index is 0.528. The molecule has 17 heteroatoms. The van der Waals surface area contributed by atoms with Gasteiger partial charge < -0.3 is 36.0 Å². The summed E-state index contributed by atoms with van der Waals surface area (Å²) in [7, 11) is 0. The zero-order chi connectivity index (χ0) is 76.4. The number of aryl methyl sites for hydroxylation is 2. The topological polar surface area (TPSA) is 175 Å². The third-order valence-corrected chi connectivity index (χ3v) is 25.0. The van der Waals surface area contributed by atoms with Gasteiger partial charge in [0.15, 0.2) is 33.5 Å². The highest BCUT2D eigenvalue weighted by molar-refractivity contribution is 7.19. The Kier molecular flexibility index (Phi) is 23.3. The van der Waals surface area contributed by atoms with Gasteiger partial charge in [-0.15, -0.1) is 34.0 Å². The summed E-state index contributed by atoms with van der Waals surface area (Å²) in [5.74, 6) is 6.77. The lowest BCUT2D eigenvalue weighted by atomic mass is 9.83. The monoisotopic (exact) mass is 1550 g/mol. The number of aromatic nitrogens is 6. The lowest BCUT2D eigenvalue weighted by molar-refractivity contribution is 0.296. The van der Waals surface area contributed by atoms with Crippen LogP contribution in [0.4, 0.5) is 0 Å². The third-order valence-electron chi connectivity index (χ3n) is 21.8. The Hall–Kier alpha value is -10.7. The molecule has 0 atom stereocenters. The van der Waals surface area contributed by atoms with E-state index in [2.05, 4.69) is 96.6 Å². The van der Waals surface area contributed by atoms with Gasteiger partial charge >= 0.3 is 0 Å². The van der Waals surface area contributed by atoms with Crippen molar-refractivity contribution in [3.63, 3.8) is 0 Å². The quantitative estimate of drug-likeness (QED) is 0.0468. The van der Waals surface area contributed by atoms with E-state index in [1.165, 1.54) is 140 Å². The first-order valence-corrected chi connectivity index (χ1v) is 43.2. The molecule has 19 rings (SSSR count). The molecule has 14 nitrogen and oxygen atoms in total. The predicted octanol–water partition coefficient (Wildman–Crippen LogP) is 29.6. The first kappa shape index (κ1) is 75.0. The van der Waals surface area contributed by atoms with Crippen LogP contribution >= 0.6 is 34.0 Å². The van der Waals surface area contributed by atoms with Gasteiger partial charge in [-0.3, -0.25) is 0 Å². The van der Waals surface area contributed by atoms with Gasteiger partial charge in [-0.25, -0.2) is 29.9 Å². The number of ether oxygens (including phenoxy) is 2. The van der Waals surface area contributed by atoms with Gasteiger partial charge in [0.25, 0.3) is 0 Å². The van der Waals surface area contributed by atoms with Crippen molar-refractivity contribution in [1.29, 1.82) is 0 Å². The highest BCUT2D eigenvalue weighted by Gasteiger charge is 2.27. The van der Waals surface area contributed by atoms with Gasteiger partial charge in [0.1, 0.15) is 44.6 Å². The molecule has 17 aromatic rings. The summed E-state index contributed by atoms with van der Waals surface area (Å²) >= 11 is 4.74. The fraction of sp³-hybridized carbons (Fsp3) is 0.312. The molecule has 2 fully saturated rings. The number of rotatable bonds is 26. The second-order valence-electron chi connectivity index (χ2n) is 30.3. The molecular weight excluding hydrogens is 1460 g/mol. The number of hydrogen-bond acceptors (Lipinski definition) is 17. The molecule has 0 N–H and O–H groups in total. The highest BCUT2D eigenvalue weighted by Crippen LogP contribution is 2.46. The molecule has 0 spiro atoms. The summed E-state index contributed by atoms with van der Waals surface area (Å²) in [5, 5.41) is 0. The molecule has 0 unspecified atom stereocenters. The fourth-order valence-corrected chi connectivity index (χ4v) is 18.2. The molecule has 574 valence electrons. The van der Waals surface area contributed by atoms with Crippen LogP contribution in [0.2, 0.25) is 0 Å². The van der Waals surface area contributed by atoms with Crippen molar-refractivity contribution in [2.45, 2.75) is 181 Å². The average molecular weight is 1560 g/mol. The van der Waals surface area contributed by atoms with E-state index in [1.807, 2.05) is 135 Å². The molecule has 0 saturated heterocycles. The molecule has 0 bridgehead atoms. The number of oxazole rings is 6. The number of benzene rings is 8. The predicted molar refractivity (Wildman–Crippen MR) is 461 cm³/mol. The van der Waals surface area contributed by atoms with Crippen LogP contribution in [0.25, 0.3) is 153 Å². The van der Waals surface area contributed by atoms with E-state index < -0.39 is 0 Å². The Morgan fingerprint density at radius 2 is 0.593 bits per heavy atom. The van der Waals surface area contributed by atoms with E-state index in [4.69, 9.17) is 55.9 Å². The fourth-order valence-electron chi connectivity index (χ4n) is 15.7. The Morgan fingerprint density at radius 3 is 0.938 bits per heavy atom. The first-order valence-electron chi connectivity index (χ1n) is 40.8. The molecular formula is C96H94N6O8S3. The minimum absolute atomic E-state index is 0.528. The zero-order valence-electron chi connectivity index (χ0n) is 64.8. The first-order chi connectivity index (χ1) is 55.6. The van der Waals surface area contributed by atoms with Crippen LogP contribution in [0.5, 0.6) is 11.5 Å². The van der Waals surface area contributed by atoms with Crippen molar-refractivity contribution in [3.8, 4) is 98.4 Å². The SMILES string of the molecule is CCCCCCCCOc1cc2oc(-c3ccc(-c4nc5cc(C6CCCCC6)c(OCCCCCCCC)cc5o4)s3)nc2cc1C1CCCCC1.Cc1ccc2nc(-c3ccc(-c4nc5ccc(C)cc5o4)s3)oc2c1.c1ccc(-c2ccc3nc(-c4ccc(-c5nc6ccc(-c7ccccc7)cc6o5)s4)oc3c2)cc1. The number of thiophene rings is 3. The van der Waals surface area contributed by atoms with Crippen LogP contribution in [-0.2, 0) is 0 Å². The second kappa shape index (κ2) is 35.1. The van der Waals surface area contributed by atoms with E-state index in [0.717, 1.165) is 167 Å². The molecule has 2 aliphatic rings. The Labute approximate surface area is 670 Å². The minimum Gasteiger partial charge on any atom is -0.493 e. The smallest absolute Gasteiger partial charge is 0.237 e. The van der Waals surface area contributed by atoms with E-state index in [0.29, 0.717) is 47.2 Å². The van der Waals surface area contributed by atoms with Crippen molar-refractivity contribution in [2.75, 3.05) is 13.2 Å². The maximum absolute atomic E-state index is 6.50. The molecule has 9 aromatic heterocycles. The third kappa shape index (κ3) is 17.6. The Morgan fingerprint density at radius 1 is 0.292 bits per heavy atom. The largest absolute Gasteiger partial charge is 0.493 e. The van der Waals surface area contributed by atoms with E-state index in [9.17, 15) is 0 Å². The summed E-state index contributed by atoms with van der Waals surface area (Å²) in [6.07, 6.45) is 27.8. The maximum Gasteiger partial charge on any atom is 0.237 e. The van der Waals surface area contributed by atoms with Crippen LogP contribution in [0.3, 0.4) is 0 Å². The highest BCUT2D eigenvalue weighted by atomic mass is 32.1. The van der Waals surface area contributed by atoms with Crippen LogP contribution in [-0.4, -0.2) is 43.1 Å². The lowest BCUT2D eigenvalue weighted by Gasteiger charge is -2.24. The standard InChI is InChI=1S/C46H62N2O4S.C30H18N2O2S.C20H14N2O2S/c1-3-5-7-9-11-19-27-49-39-31-41-37(29-35(39)33-21-15-13-16-22-33)47-45(51-41)43-25-26-44(53-43)46-48-38-30-36(34-23-17-14-18-24-34)40(32-42(38)52-46)50-28-20-12-10-8-6-4-2;1-3-7-19(8-4-1)21-11-13-23-25(17-21)33-29(31-23)27-15-16-28(35-27)30-32-24-14-12-22(18-26(24)34-30)20-9-5-2-6-10-20;1-11-3-5-13-15(9-11)23-19(21-13)17-7-8-18(25-17)20-22-14-6-4-12(2)10-16(14)24-20/h25-26,29-34H,3-24,27-28H2,1-2H3;1-18H;3-10H,1-2H3. The van der Waals surface area contributed by atoms with Gasteiger partial charge in [-0.2, -0.15) is 0 Å². The second-order valence-corrected chi connectivity index (χ2v) is 33.5. The molecule has 2 saturated carbocycles. The van der Waals surface area contributed by atoms with Gasteiger partial charge in [0.05, 0.1) is 42.5 Å².